The zero-order valence-electron chi connectivity index (χ0n) is 8.48. The lowest BCUT2D eigenvalue weighted by Gasteiger charge is -2.01. The molecule has 0 atom stereocenters. The number of nitrogens with zero attached hydrogens (tertiary/aromatic N) is 1. The molecule has 2 nitrogen and oxygen atoms in total. The van der Waals surface area contributed by atoms with Gasteiger partial charge in [0.25, 0.3) is 5.82 Å². The molecule has 0 spiro atoms. The predicted octanol–water partition coefficient (Wildman–Crippen LogP) is 1.95. The molecule has 1 aromatic carbocycles. The van der Waals surface area contributed by atoms with E-state index in [0.717, 1.165) is 13.1 Å². The van der Waals surface area contributed by atoms with Crippen LogP contribution in [0.4, 0.5) is 5.82 Å². The summed E-state index contributed by atoms with van der Waals surface area (Å²) in [4.78, 5) is 0. The van der Waals surface area contributed by atoms with Gasteiger partial charge in [0.1, 0.15) is 13.1 Å². The van der Waals surface area contributed by atoms with Gasteiger partial charge in [-0.2, -0.15) is 0 Å². The van der Waals surface area contributed by atoms with Gasteiger partial charge in [-0.25, -0.2) is 4.57 Å². The molecule has 2 heteroatoms. The van der Waals surface area contributed by atoms with Crippen LogP contribution < -0.4 is 9.88 Å². The minimum Gasteiger partial charge on any atom is -0.270 e. The van der Waals surface area contributed by atoms with Crippen molar-refractivity contribution in [2.75, 3.05) is 5.32 Å². The fraction of sp³-hybridized carbons (Fsp3) is 0.154. The van der Waals surface area contributed by atoms with Crippen LogP contribution in [0.1, 0.15) is 11.1 Å². The molecule has 2 heterocycles. The largest absolute Gasteiger partial charge is 0.274 e. The van der Waals surface area contributed by atoms with E-state index in [1.807, 2.05) is 0 Å². The number of rotatable bonds is 0. The van der Waals surface area contributed by atoms with Gasteiger partial charge in [0, 0.05) is 17.2 Å². The smallest absolute Gasteiger partial charge is 0.270 e. The lowest BCUT2D eigenvalue weighted by Crippen LogP contribution is -2.35. The van der Waals surface area contributed by atoms with Gasteiger partial charge in [-0.1, -0.05) is 30.3 Å². The van der Waals surface area contributed by atoms with Crippen LogP contribution in [0.2, 0.25) is 0 Å². The van der Waals surface area contributed by atoms with Crippen LogP contribution in [-0.4, -0.2) is 0 Å². The van der Waals surface area contributed by atoms with Gasteiger partial charge in [-0.05, 0) is 6.07 Å². The highest BCUT2D eigenvalue weighted by molar-refractivity contribution is 5.35. The third-order valence-electron chi connectivity index (χ3n) is 2.86. The van der Waals surface area contributed by atoms with E-state index in [4.69, 9.17) is 0 Å². The molecule has 3 rings (SSSR count). The molecule has 74 valence electrons. The summed E-state index contributed by atoms with van der Waals surface area (Å²) in [5, 5.41) is 3.44. The van der Waals surface area contributed by atoms with Crippen molar-refractivity contribution in [1.82, 2.24) is 0 Å². The number of nitrogens with one attached hydrogen (secondary N) is 1. The molecule has 15 heavy (non-hydrogen) atoms. The van der Waals surface area contributed by atoms with Gasteiger partial charge < -0.3 is 0 Å². The molecule has 1 aliphatic heterocycles. The quantitative estimate of drug-likeness (QED) is 0.638. The summed E-state index contributed by atoms with van der Waals surface area (Å²) in [6.45, 7) is 1.87. The fourth-order valence-electron chi connectivity index (χ4n) is 2.03. The lowest BCUT2D eigenvalue weighted by atomic mass is 10.1. The Kier molecular flexibility index (Phi) is 1.91. The molecule has 1 aliphatic rings. The first kappa shape index (κ1) is 8.48. The minimum absolute atomic E-state index is 0.917. The Morgan fingerprint density at radius 2 is 1.73 bits per heavy atom. The van der Waals surface area contributed by atoms with Crippen LogP contribution in [0.25, 0.3) is 0 Å². The second-order valence-electron chi connectivity index (χ2n) is 3.84. The monoisotopic (exact) mass is 197 g/mol. The molecule has 1 N–H and O–H groups in total. The molecule has 0 saturated carbocycles. The molecule has 0 saturated heterocycles. The summed E-state index contributed by atoms with van der Waals surface area (Å²) in [5.74, 6) is 1.19. The first-order chi connectivity index (χ1) is 7.43. The second kappa shape index (κ2) is 3.39. The average molecular weight is 197 g/mol. The summed E-state index contributed by atoms with van der Waals surface area (Å²) < 4.78 is 2.24. The summed E-state index contributed by atoms with van der Waals surface area (Å²) in [5.41, 5.74) is 2.79. The average Bonchev–Trinajstić information content (AvgIpc) is 2.48. The highest BCUT2D eigenvalue weighted by atomic mass is 15.1. The molecular formula is C13H13N2+. The van der Waals surface area contributed by atoms with Gasteiger partial charge in [0.05, 0.1) is 6.20 Å². The van der Waals surface area contributed by atoms with Gasteiger partial charge in [-0.15, -0.1) is 0 Å². The molecule has 0 aliphatic carbocycles. The standard InChI is InChI=1S/C13H12N2/c1-2-6-12-10-15-8-4-3-7-13(15)14-9-11(12)5-1/h1-8H,9-10H2/p+1. The number of anilines is 1. The molecule has 0 amide bonds. The third kappa shape index (κ3) is 1.48. The first-order valence-electron chi connectivity index (χ1n) is 5.22. The zero-order chi connectivity index (χ0) is 10.1. The number of hydrogen-bond donors (Lipinski definition) is 1. The molecule has 0 bridgehead atoms. The Balaban J connectivity index is 2.10. The number of hydrogen-bond acceptors (Lipinski definition) is 1. The second-order valence-corrected chi connectivity index (χ2v) is 3.84. The van der Waals surface area contributed by atoms with Crippen molar-refractivity contribution >= 4 is 5.82 Å². The van der Waals surface area contributed by atoms with E-state index in [1.165, 1.54) is 16.9 Å². The van der Waals surface area contributed by atoms with Crippen molar-refractivity contribution in [3.05, 3.63) is 59.8 Å². The molecule has 1 aromatic heterocycles. The number of pyridine rings is 1. The van der Waals surface area contributed by atoms with E-state index in [2.05, 4.69) is 58.5 Å². The number of benzene rings is 1. The van der Waals surface area contributed by atoms with E-state index in [-0.39, 0.29) is 0 Å². The minimum atomic E-state index is 0.917. The Morgan fingerprint density at radius 1 is 0.933 bits per heavy atom. The van der Waals surface area contributed by atoms with Crippen LogP contribution in [0.3, 0.4) is 0 Å². The fourth-order valence-corrected chi connectivity index (χ4v) is 2.03. The highest BCUT2D eigenvalue weighted by Gasteiger charge is 2.15. The van der Waals surface area contributed by atoms with E-state index in [1.54, 1.807) is 0 Å². The number of aromatic nitrogens is 1. The normalized spacial score (nSPS) is 13.3. The van der Waals surface area contributed by atoms with Crippen LogP contribution in [0, 0.1) is 0 Å². The number of fused-ring (bicyclic) bond motifs is 2. The van der Waals surface area contributed by atoms with Crippen molar-refractivity contribution in [3.8, 4) is 0 Å². The van der Waals surface area contributed by atoms with Gasteiger partial charge in [-0.3, -0.25) is 5.32 Å². The Morgan fingerprint density at radius 3 is 2.67 bits per heavy atom. The zero-order valence-corrected chi connectivity index (χ0v) is 8.48. The summed E-state index contributed by atoms with van der Waals surface area (Å²) in [7, 11) is 0. The lowest BCUT2D eigenvalue weighted by molar-refractivity contribution is -0.673. The van der Waals surface area contributed by atoms with Crippen LogP contribution >= 0.6 is 0 Å². The van der Waals surface area contributed by atoms with Gasteiger partial charge >= 0.3 is 0 Å². The maximum absolute atomic E-state index is 3.44. The van der Waals surface area contributed by atoms with E-state index in [0.29, 0.717) is 0 Å². The molecule has 0 fully saturated rings. The topological polar surface area (TPSA) is 15.9 Å². The Labute approximate surface area is 89.2 Å². The van der Waals surface area contributed by atoms with Gasteiger partial charge in [0.2, 0.25) is 0 Å². The first-order valence-corrected chi connectivity index (χ1v) is 5.22. The van der Waals surface area contributed by atoms with E-state index in [9.17, 15) is 0 Å². The van der Waals surface area contributed by atoms with Crippen LogP contribution in [0.15, 0.2) is 48.7 Å². The molecule has 2 aromatic rings. The molecule has 0 radical (unpaired) electrons. The van der Waals surface area contributed by atoms with Gasteiger partial charge in [0.15, 0.2) is 0 Å². The summed E-state index contributed by atoms with van der Waals surface area (Å²) in [6.07, 6.45) is 2.12. The SMILES string of the molecule is c1ccc2c(c1)CNc1cccc[n+]1C2. The maximum Gasteiger partial charge on any atom is 0.274 e. The van der Waals surface area contributed by atoms with Crippen molar-refractivity contribution in [2.45, 2.75) is 13.1 Å². The van der Waals surface area contributed by atoms with E-state index < -0.39 is 0 Å². The summed E-state index contributed by atoms with van der Waals surface area (Å²) in [6, 6.07) is 14.8. The van der Waals surface area contributed by atoms with Crippen molar-refractivity contribution in [2.24, 2.45) is 0 Å². The predicted molar refractivity (Wildman–Crippen MR) is 59.5 cm³/mol. The highest BCUT2D eigenvalue weighted by Crippen LogP contribution is 2.14. The van der Waals surface area contributed by atoms with Crippen molar-refractivity contribution in [3.63, 3.8) is 0 Å². The Hall–Kier alpha value is -1.83. The van der Waals surface area contributed by atoms with Crippen LogP contribution in [-0.2, 0) is 13.1 Å². The summed E-state index contributed by atoms with van der Waals surface area (Å²) >= 11 is 0. The van der Waals surface area contributed by atoms with Crippen molar-refractivity contribution < 1.29 is 4.57 Å². The maximum atomic E-state index is 3.44. The third-order valence-corrected chi connectivity index (χ3v) is 2.86. The molecule has 0 unspecified atom stereocenters. The van der Waals surface area contributed by atoms with Crippen molar-refractivity contribution in [1.29, 1.82) is 0 Å². The molecular weight excluding hydrogens is 184 g/mol. The van der Waals surface area contributed by atoms with E-state index >= 15 is 0 Å². The Bertz CT molecular complexity index is 446. The van der Waals surface area contributed by atoms with Crippen LogP contribution in [0.5, 0.6) is 0 Å².